The minimum absolute atomic E-state index is 0.0126. The summed E-state index contributed by atoms with van der Waals surface area (Å²) in [6.45, 7) is 17.3. The van der Waals surface area contributed by atoms with Gasteiger partial charge in [-0.25, -0.2) is 4.79 Å². The molecule has 0 unspecified atom stereocenters. The van der Waals surface area contributed by atoms with Crippen molar-refractivity contribution in [2.75, 3.05) is 60.7 Å². The summed E-state index contributed by atoms with van der Waals surface area (Å²) in [5.74, 6) is -7.51. The number of hydrogen-bond acceptors (Lipinski definition) is 16. The number of allylic oxidation sites excluding steroid dienone is 6. The van der Waals surface area contributed by atoms with Crippen molar-refractivity contribution in [3.63, 3.8) is 0 Å². The van der Waals surface area contributed by atoms with E-state index in [1.54, 1.807) is 41.1 Å². The lowest BCUT2D eigenvalue weighted by atomic mass is 9.78. The van der Waals surface area contributed by atoms with E-state index < -0.39 is 77.8 Å². The molecule has 0 aromatic carbocycles. The second-order valence-electron chi connectivity index (χ2n) is 23.5. The third kappa shape index (κ3) is 18.3. The molecule has 5 aliphatic rings. The zero-order valence-corrected chi connectivity index (χ0v) is 48.6. The molecule has 0 spiro atoms. The van der Waals surface area contributed by atoms with E-state index in [-0.39, 0.29) is 60.9 Å². The van der Waals surface area contributed by atoms with Gasteiger partial charge in [-0.1, -0.05) is 71.1 Å². The minimum Gasteiger partial charge on any atom is -0.468 e. The van der Waals surface area contributed by atoms with E-state index in [1.165, 1.54) is 12.0 Å². The van der Waals surface area contributed by atoms with Crippen LogP contribution >= 0.6 is 0 Å². The quantitative estimate of drug-likeness (QED) is 0.0567. The fourth-order valence-electron chi connectivity index (χ4n) is 12.4. The van der Waals surface area contributed by atoms with E-state index in [4.69, 9.17) is 33.2 Å². The molecule has 78 heavy (non-hydrogen) atoms. The Hall–Kier alpha value is -3.94. The van der Waals surface area contributed by atoms with Gasteiger partial charge in [0.05, 0.1) is 31.0 Å². The van der Waals surface area contributed by atoms with Crippen molar-refractivity contribution in [2.24, 2.45) is 41.4 Å². The van der Waals surface area contributed by atoms with Gasteiger partial charge in [-0.15, -0.1) is 0 Å². The minimum atomic E-state index is -2.44. The van der Waals surface area contributed by atoms with Crippen molar-refractivity contribution >= 4 is 35.7 Å². The third-order valence-corrected chi connectivity index (χ3v) is 17.5. The zero-order valence-electron chi connectivity index (χ0n) is 48.6. The molecule has 1 aliphatic carbocycles. The summed E-state index contributed by atoms with van der Waals surface area (Å²) in [7, 11) is 4.67. The summed E-state index contributed by atoms with van der Waals surface area (Å²) < 4.78 is 41.5. The predicted molar refractivity (Wildman–Crippen MR) is 295 cm³/mol. The second-order valence-corrected chi connectivity index (χ2v) is 23.5. The molecule has 2 N–H and O–H groups in total. The highest BCUT2D eigenvalue weighted by molar-refractivity contribution is 6.39. The maximum absolute atomic E-state index is 14.6. The number of aliphatic hydroxyl groups excluding tert-OH is 1. The lowest BCUT2D eigenvalue weighted by molar-refractivity contribution is -0.265. The normalized spacial score (nSPS) is 36.2. The van der Waals surface area contributed by atoms with Gasteiger partial charge in [0.15, 0.2) is 5.78 Å². The van der Waals surface area contributed by atoms with Crippen LogP contribution in [0.2, 0.25) is 0 Å². The molecule has 15 atom stereocenters. The number of ether oxygens (including phenoxy) is 7. The molecule has 4 heterocycles. The first kappa shape index (κ1) is 64.9. The van der Waals surface area contributed by atoms with Gasteiger partial charge >= 0.3 is 5.97 Å². The summed E-state index contributed by atoms with van der Waals surface area (Å²) in [6.07, 6.45) is 15.3. The Bertz CT molecular complexity index is 2080. The number of ketones is 3. The van der Waals surface area contributed by atoms with Crippen LogP contribution < -0.4 is 0 Å². The maximum Gasteiger partial charge on any atom is 0.329 e. The maximum atomic E-state index is 14.6. The van der Waals surface area contributed by atoms with Crippen LogP contribution in [0.5, 0.6) is 0 Å². The number of amides is 1. The van der Waals surface area contributed by atoms with E-state index in [0.29, 0.717) is 82.5 Å². The molecule has 1 amide bonds. The van der Waals surface area contributed by atoms with Gasteiger partial charge in [-0.3, -0.25) is 24.0 Å². The number of piperidine rings is 2. The van der Waals surface area contributed by atoms with E-state index in [0.717, 1.165) is 57.3 Å². The van der Waals surface area contributed by atoms with Crippen LogP contribution in [0.3, 0.4) is 0 Å². The SMILES string of the molecule is CO[C@H]1C[C@@H]2CC[C@@H](C)[C@@](O)(O2)C(=O)C(=O)N2CCCC[C@H]2C(=O)O[C@H]([C@H](C)C[C@@H]2CC[C@@H](OCCCN3CCC(COC=O)CC3)[C@H](OC)C2)CC(=O)[C@H](C)/C=C(\C)[C@@H](O)[C@@H](OC)C(=O)[C@H](C)C[C@H](C)/C=C/C=CC=C1C. The van der Waals surface area contributed by atoms with Crippen LogP contribution in [0.4, 0.5) is 0 Å². The molecular formula is C61H96N2O15. The lowest BCUT2D eigenvalue weighted by Gasteiger charge is -2.42. The Balaban J connectivity index is 1.37. The molecule has 4 fully saturated rings. The van der Waals surface area contributed by atoms with Crippen LogP contribution in [0.25, 0.3) is 0 Å². The summed E-state index contributed by atoms with van der Waals surface area (Å²) >= 11 is 0. The van der Waals surface area contributed by atoms with Crippen LogP contribution in [-0.2, 0) is 61.9 Å². The highest BCUT2D eigenvalue weighted by atomic mass is 16.6. The van der Waals surface area contributed by atoms with Gasteiger partial charge in [0.1, 0.15) is 30.1 Å². The number of rotatable bonds is 14. The highest BCUT2D eigenvalue weighted by Gasteiger charge is 2.53. The van der Waals surface area contributed by atoms with E-state index in [2.05, 4.69) is 4.90 Å². The smallest absolute Gasteiger partial charge is 0.329 e. The number of carbonyl (C=O) groups excluding carboxylic acids is 6. The molecule has 5 rings (SSSR count). The van der Waals surface area contributed by atoms with Crippen molar-refractivity contribution in [3.8, 4) is 0 Å². The molecule has 0 aromatic rings. The van der Waals surface area contributed by atoms with E-state index in [9.17, 15) is 39.0 Å². The average molecular weight is 1100 g/mol. The van der Waals surface area contributed by atoms with Crippen LogP contribution in [0.1, 0.15) is 145 Å². The first-order valence-corrected chi connectivity index (χ1v) is 29.1. The summed E-state index contributed by atoms with van der Waals surface area (Å²) in [4.78, 5) is 85.9. The first-order valence-electron chi connectivity index (χ1n) is 29.1. The van der Waals surface area contributed by atoms with Gasteiger partial charge in [-0.2, -0.15) is 0 Å². The van der Waals surface area contributed by atoms with Crippen LogP contribution in [0, 0.1) is 41.4 Å². The van der Waals surface area contributed by atoms with Gasteiger partial charge in [0.25, 0.3) is 18.2 Å². The number of carbonyl (C=O) groups is 6. The van der Waals surface area contributed by atoms with Crippen molar-refractivity contribution < 1.29 is 72.1 Å². The summed E-state index contributed by atoms with van der Waals surface area (Å²) in [5, 5.41) is 23.6. The number of Topliss-reactive ketones (excluding diaryl/α,β-unsaturated/α-hetero) is 3. The number of hydrogen-bond donors (Lipinski definition) is 2. The van der Waals surface area contributed by atoms with Crippen molar-refractivity contribution in [1.82, 2.24) is 9.80 Å². The molecule has 0 radical (unpaired) electrons. The van der Waals surface area contributed by atoms with Gasteiger partial charge < -0.3 is 53.2 Å². The molecule has 17 heteroatoms. The number of aliphatic hydroxyl groups is 2. The molecule has 4 aliphatic heterocycles. The fraction of sp³-hybridized carbons (Fsp3) is 0.770. The molecule has 1 saturated carbocycles. The first-order chi connectivity index (χ1) is 37.2. The highest BCUT2D eigenvalue weighted by Crippen LogP contribution is 2.38. The number of likely N-dealkylation sites (tertiary alicyclic amines) is 1. The van der Waals surface area contributed by atoms with Gasteiger partial charge in [0, 0.05) is 71.6 Å². The van der Waals surface area contributed by atoms with Crippen molar-refractivity contribution in [1.29, 1.82) is 0 Å². The second kappa shape index (κ2) is 31.9. The summed E-state index contributed by atoms with van der Waals surface area (Å²) in [6, 6.07) is -1.15. The Morgan fingerprint density at radius 1 is 0.821 bits per heavy atom. The summed E-state index contributed by atoms with van der Waals surface area (Å²) in [5.41, 5.74) is 1.27. The number of nitrogens with zero attached hydrogens (tertiary/aromatic N) is 2. The molecule has 2 bridgehead atoms. The van der Waals surface area contributed by atoms with Crippen LogP contribution in [-0.4, -0.2) is 171 Å². The molecular weight excluding hydrogens is 1000 g/mol. The largest absolute Gasteiger partial charge is 0.468 e. The number of fused-ring (bicyclic) bond motifs is 3. The Morgan fingerprint density at radius 2 is 1.56 bits per heavy atom. The topological polar surface area (TPSA) is 214 Å². The fourth-order valence-corrected chi connectivity index (χ4v) is 12.4. The number of cyclic esters (lactones) is 1. The average Bonchev–Trinajstić information content (AvgIpc) is 3.52. The van der Waals surface area contributed by atoms with E-state index in [1.807, 2.05) is 58.1 Å². The standard InChI is InChI=1S/C61H96N2O15/c1-39-17-12-11-13-18-40(2)52(72-8)35-48-22-20-45(7)61(71,78-48)58(68)59(69)63-27-15-14-19-49(63)60(70)77-53(36-50(65)41(3)32-44(6)56(67)57(74-10)55(66)43(5)31-39)42(4)33-47-21-23-51(54(34-47)73-9)76-30-16-26-62-28-24-46(25-29-62)37-75-38-64/h11-13,17-18,32,38-39,41-43,45-49,51-54,56-57,67,71H,14-16,19-31,33-37H2,1-10H3/b13-11?,17-12+,40-18?,44-32+/t39-,41-,42-,43-,45-,47+,48+,49+,51-,52+,53+,54-,56-,57+,61-/m1/s1. The molecule has 0 aromatic heterocycles. The van der Waals surface area contributed by atoms with Gasteiger partial charge in [0.2, 0.25) is 5.79 Å². The van der Waals surface area contributed by atoms with Crippen molar-refractivity contribution in [2.45, 2.75) is 199 Å². The number of methoxy groups -OCH3 is 3. The predicted octanol–water partition coefficient (Wildman–Crippen LogP) is 7.48. The Kier molecular flexibility index (Phi) is 26.5. The van der Waals surface area contributed by atoms with Crippen LogP contribution in [0.15, 0.2) is 47.6 Å². The number of esters is 1. The molecule has 440 valence electrons. The van der Waals surface area contributed by atoms with E-state index >= 15 is 0 Å². The third-order valence-electron chi connectivity index (χ3n) is 17.5. The Morgan fingerprint density at radius 3 is 2.26 bits per heavy atom. The van der Waals surface area contributed by atoms with Crippen molar-refractivity contribution in [3.05, 3.63) is 47.6 Å². The monoisotopic (exact) mass is 1100 g/mol. The van der Waals surface area contributed by atoms with Gasteiger partial charge in [-0.05, 0) is 145 Å². The Labute approximate surface area is 465 Å². The lowest BCUT2D eigenvalue weighted by Crippen LogP contribution is -2.61. The molecule has 17 nitrogen and oxygen atoms in total. The zero-order chi connectivity index (χ0) is 57.1. The molecule has 3 saturated heterocycles.